The molecule has 2 fully saturated rings. The summed E-state index contributed by atoms with van der Waals surface area (Å²) in [6.45, 7) is 1.31. The van der Waals surface area contributed by atoms with Crippen molar-refractivity contribution in [1.82, 2.24) is 20.2 Å². The van der Waals surface area contributed by atoms with Crippen LogP contribution in [0, 0.1) is 0 Å². The van der Waals surface area contributed by atoms with Crippen LogP contribution in [0.4, 0.5) is 5.95 Å². The Morgan fingerprint density at radius 2 is 1.93 bits per heavy atom. The van der Waals surface area contributed by atoms with Crippen LogP contribution in [0.15, 0.2) is 48.7 Å². The molecular formula is C30H32ClN5O5. The van der Waals surface area contributed by atoms with Crippen molar-refractivity contribution in [2.45, 2.75) is 50.4 Å². The van der Waals surface area contributed by atoms with Crippen molar-refractivity contribution >= 4 is 29.4 Å². The maximum atomic E-state index is 13.3. The third-order valence-electron chi connectivity index (χ3n) is 7.52. The number of halogens is 1. The highest BCUT2D eigenvalue weighted by Gasteiger charge is 2.30. The molecule has 0 spiro atoms. The molecule has 0 bridgehead atoms. The summed E-state index contributed by atoms with van der Waals surface area (Å²) in [5.41, 5.74) is 3.32. The fourth-order valence-electron chi connectivity index (χ4n) is 5.10. The first-order chi connectivity index (χ1) is 20.0. The SMILES string of the molecule is O=C(CN1Cc2ccc(-c3nc(NC4CCOCC4)ncc3Cl)cc2C1=O)NC(CO)c1ccc(OC2CC2)cc1. The maximum Gasteiger partial charge on any atom is 0.254 e. The Labute approximate surface area is 243 Å². The van der Waals surface area contributed by atoms with E-state index in [9.17, 15) is 14.7 Å². The van der Waals surface area contributed by atoms with E-state index in [2.05, 4.69) is 20.6 Å². The normalized spacial score (nSPS) is 17.7. The highest BCUT2D eigenvalue weighted by Crippen LogP contribution is 2.32. The lowest BCUT2D eigenvalue weighted by Crippen LogP contribution is -2.40. The largest absolute Gasteiger partial charge is 0.490 e. The first-order valence-corrected chi connectivity index (χ1v) is 14.3. The number of aliphatic hydroxyl groups is 1. The van der Waals surface area contributed by atoms with E-state index in [0.717, 1.165) is 42.6 Å². The molecule has 6 rings (SSSR count). The average Bonchev–Trinajstić information content (AvgIpc) is 3.76. The summed E-state index contributed by atoms with van der Waals surface area (Å²) < 4.78 is 11.2. The molecule has 1 aromatic heterocycles. The molecule has 2 aromatic carbocycles. The second kappa shape index (κ2) is 12.0. The van der Waals surface area contributed by atoms with Crippen molar-refractivity contribution in [3.8, 4) is 17.0 Å². The molecule has 2 amide bonds. The van der Waals surface area contributed by atoms with Gasteiger partial charge in [0.1, 0.15) is 12.3 Å². The standard InChI is InChI=1S/C30H32ClN5O5/c31-25-14-32-30(33-21-9-11-40-12-10-21)35-28(25)19-1-2-20-15-36(29(39)24(20)13-19)16-27(38)34-26(17-37)18-3-5-22(6-4-18)41-23-7-8-23/h1-6,13-14,21,23,26,37H,7-12,15-17H2,(H,34,38)(H,32,33,35). The van der Waals surface area contributed by atoms with Gasteiger partial charge in [0.2, 0.25) is 11.9 Å². The molecule has 214 valence electrons. The van der Waals surface area contributed by atoms with Gasteiger partial charge in [-0.2, -0.15) is 0 Å². The van der Waals surface area contributed by atoms with E-state index in [1.807, 2.05) is 36.4 Å². The minimum atomic E-state index is -0.590. The van der Waals surface area contributed by atoms with Crippen LogP contribution in [-0.2, 0) is 16.1 Å². The number of nitrogens with one attached hydrogen (secondary N) is 2. The van der Waals surface area contributed by atoms with E-state index in [-0.39, 0.29) is 31.0 Å². The molecule has 3 aliphatic rings. The van der Waals surface area contributed by atoms with Gasteiger partial charge in [-0.25, -0.2) is 9.97 Å². The molecule has 10 nitrogen and oxygen atoms in total. The molecule has 3 N–H and O–H groups in total. The number of fused-ring (bicyclic) bond motifs is 1. The number of rotatable bonds is 10. The molecule has 11 heteroatoms. The molecule has 1 saturated carbocycles. The molecule has 1 saturated heterocycles. The molecule has 3 aromatic rings. The Morgan fingerprint density at radius 1 is 1.15 bits per heavy atom. The second-order valence-electron chi connectivity index (χ2n) is 10.6. The fourth-order valence-corrected chi connectivity index (χ4v) is 5.30. The van der Waals surface area contributed by atoms with Crippen molar-refractivity contribution in [2.24, 2.45) is 0 Å². The van der Waals surface area contributed by atoms with Gasteiger partial charge in [0.05, 0.1) is 35.7 Å². The Balaban J connectivity index is 1.10. The number of aromatic nitrogens is 2. The number of benzene rings is 2. The van der Waals surface area contributed by atoms with Gasteiger partial charge >= 0.3 is 0 Å². The van der Waals surface area contributed by atoms with E-state index in [0.29, 0.717) is 53.7 Å². The van der Waals surface area contributed by atoms with Crippen LogP contribution in [0.2, 0.25) is 5.02 Å². The third kappa shape index (κ3) is 6.45. The molecule has 1 atom stereocenters. The van der Waals surface area contributed by atoms with E-state index in [1.165, 1.54) is 4.90 Å². The summed E-state index contributed by atoms with van der Waals surface area (Å²) in [5.74, 6) is 0.648. The number of ether oxygens (including phenoxy) is 2. The van der Waals surface area contributed by atoms with Crippen molar-refractivity contribution in [3.63, 3.8) is 0 Å². The first-order valence-electron chi connectivity index (χ1n) is 13.9. The zero-order valence-electron chi connectivity index (χ0n) is 22.5. The van der Waals surface area contributed by atoms with E-state index >= 15 is 0 Å². The van der Waals surface area contributed by atoms with Gasteiger partial charge < -0.3 is 30.1 Å². The average molecular weight is 578 g/mol. The lowest BCUT2D eigenvalue weighted by molar-refractivity contribution is -0.122. The number of hydrogen-bond donors (Lipinski definition) is 3. The highest BCUT2D eigenvalue weighted by atomic mass is 35.5. The molecule has 1 aliphatic carbocycles. The lowest BCUT2D eigenvalue weighted by atomic mass is 10.0. The van der Waals surface area contributed by atoms with Crippen molar-refractivity contribution in [3.05, 3.63) is 70.4 Å². The molecule has 41 heavy (non-hydrogen) atoms. The topological polar surface area (TPSA) is 126 Å². The number of nitrogens with zero attached hydrogens (tertiary/aromatic N) is 3. The lowest BCUT2D eigenvalue weighted by Gasteiger charge is -2.23. The van der Waals surface area contributed by atoms with Crippen LogP contribution >= 0.6 is 11.6 Å². The smallest absolute Gasteiger partial charge is 0.254 e. The number of carbonyl (C=O) groups excluding carboxylic acids is 2. The second-order valence-corrected chi connectivity index (χ2v) is 11.1. The van der Waals surface area contributed by atoms with Gasteiger partial charge in [0, 0.05) is 36.9 Å². The number of amides is 2. The molecule has 3 heterocycles. The molecule has 1 unspecified atom stereocenters. The minimum Gasteiger partial charge on any atom is -0.490 e. The van der Waals surface area contributed by atoms with Gasteiger partial charge in [0.15, 0.2) is 0 Å². The zero-order valence-corrected chi connectivity index (χ0v) is 23.3. The number of hydrogen-bond acceptors (Lipinski definition) is 8. The van der Waals surface area contributed by atoms with E-state index < -0.39 is 6.04 Å². The summed E-state index contributed by atoms with van der Waals surface area (Å²) >= 11 is 6.46. The van der Waals surface area contributed by atoms with Crippen molar-refractivity contribution in [2.75, 3.05) is 31.7 Å². The summed E-state index contributed by atoms with van der Waals surface area (Å²) in [5, 5.41) is 16.5. The fraction of sp³-hybridized carbons (Fsp3) is 0.400. The van der Waals surface area contributed by atoms with E-state index in [4.69, 9.17) is 21.1 Å². The third-order valence-corrected chi connectivity index (χ3v) is 7.80. The van der Waals surface area contributed by atoms with Gasteiger partial charge in [-0.1, -0.05) is 35.9 Å². The van der Waals surface area contributed by atoms with Crippen LogP contribution in [0.25, 0.3) is 11.3 Å². The monoisotopic (exact) mass is 577 g/mol. The number of aliphatic hydroxyl groups excluding tert-OH is 1. The molecule has 0 radical (unpaired) electrons. The van der Waals surface area contributed by atoms with Crippen LogP contribution in [-0.4, -0.2) is 70.3 Å². The summed E-state index contributed by atoms with van der Waals surface area (Å²) in [7, 11) is 0. The predicted molar refractivity (Wildman–Crippen MR) is 153 cm³/mol. The van der Waals surface area contributed by atoms with Crippen molar-refractivity contribution in [1.29, 1.82) is 0 Å². The Kier molecular flexibility index (Phi) is 8.04. The number of carbonyl (C=O) groups is 2. The van der Waals surface area contributed by atoms with Gasteiger partial charge in [0.25, 0.3) is 5.91 Å². The summed E-state index contributed by atoms with van der Waals surface area (Å²) in [6, 6.07) is 12.5. The number of anilines is 1. The first kappa shape index (κ1) is 27.4. The Morgan fingerprint density at radius 3 is 2.66 bits per heavy atom. The van der Waals surface area contributed by atoms with Gasteiger partial charge in [-0.05, 0) is 55.0 Å². The van der Waals surface area contributed by atoms with E-state index in [1.54, 1.807) is 12.3 Å². The van der Waals surface area contributed by atoms with Crippen molar-refractivity contribution < 1.29 is 24.2 Å². The quantitative estimate of drug-likeness (QED) is 0.333. The summed E-state index contributed by atoms with van der Waals surface area (Å²) in [6.07, 6.45) is 5.74. The van der Waals surface area contributed by atoms with Crippen LogP contribution in [0.5, 0.6) is 5.75 Å². The predicted octanol–water partition coefficient (Wildman–Crippen LogP) is 3.73. The zero-order chi connectivity index (χ0) is 28.3. The van der Waals surface area contributed by atoms with Crippen LogP contribution in [0.1, 0.15) is 53.2 Å². The summed E-state index contributed by atoms with van der Waals surface area (Å²) in [4.78, 5) is 36.6. The highest BCUT2D eigenvalue weighted by molar-refractivity contribution is 6.33. The van der Waals surface area contributed by atoms with Gasteiger partial charge in [-0.15, -0.1) is 0 Å². The Hall–Kier alpha value is -3.73. The maximum absolute atomic E-state index is 13.3. The molecular weight excluding hydrogens is 546 g/mol. The molecule has 2 aliphatic heterocycles. The Bertz CT molecular complexity index is 1430. The van der Waals surface area contributed by atoms with Crippen LogP contribution < -0.4 is 15.4 Å². The minimum absolute atomic E-state index is 0.129. The van der Waals surface area contributed by atoms with Gasteiger partial charge in [-0.3, -0.25) is 9.59 Å². The van der Waals surface area contributed by atoms with Crippen LogP contribution in [0.3, 0.4) is 0 Å².